The van der Waals surface area contributed by atoms with Crippen LogP contribution in [0.2, 0.25) is 10.0 Å². The summed E-state index contributed by atoms with van der Waals surface area (Å²) < 4.78 is 26.9. The largest absolute Gasteiger partial charge is 0.392 e. The lowest BCUT2D eigenvalue weighted by molar-refractivity contribution is 0.268. The van der Waals surface area contributed by atoms with E-state index in [9.17, 15) is 13.5 Å². The molecule has 0 bridgehead atoms. The third-order valence-electron chi connectivity index (χ3n) is 4.02. The molecule has 2 rings (SSSR count). The van der Waals surface area contributed by atoms with Gasteiger partial charge in [-0.2, -0.15) is 4.31 Å². The molecule has 118 valence electrons. The molecule has 4 nitrogen and oxygen atoms in total. The number of piperidine rings is 1. The van der Waals surface area contributed by atoms with Crippen molar-refractivity contribution in [3.05, 3.63) is 27.7 Å². The Balaban J connectivity index is 2.34. The number of halogens is 2. The minimum Gasteiger partial charge on any atom is -0.392 e. The summed E-state index contributed by atoms with van der Waals surface area (Å²) in [6.45, 7) is 2.77. The molecule has 1 heterocycles. The molecule has 1 aromatic carbocycles. The van der Waals surface area contributed by atoms with E-state index in [0.717, 1.165) is 19.3 Å². The second-order valence-corrected chi connectivity index (χ2v) is 8.01. The van der Waals surface area contributed by atoms with E-state index in [4.69, 9.17) is 23.2 Å². The second kappa shape index (κ2) is 6.84. The SMILES string of the molecule is CCC1CCN(S(=O)(=O)c2cc(Cl)cc(CO)c2Cl)CC1. The maximum atomic E-state index is 12.7. The van der Waals surface area contributed by atoms with Crippen LogP contribution in [-0.2, 0) is 16.6 Å². The number of rotatable bonds is 4. The van der Waals surface area contributed by atoms with Crippen molar-refractivity contribution in [2.24, 2.45) is 5.92 Å². The normalized spacial score (nSPS) is 18.1. The van der Waals surface area contributed by atoms with Gasteiger partial charge in [-0.1, -0.05) is 36.5 Å². The molecule has 7 heteroatoms. The molecule has 1 fully saturated rings. The van der Waals surface area contributed by atoms with Crippen LogP contribution in [0.4, 0.5) is 0 Å². The average molecular weight is 352 g/mol. The molecular formula is C14H19Cl2NO3S. The quantitative estimate of drug-likeness (QED) is 0.905. The molecule has 1 N–H and O–H groups in total. The van der Waals surface area contributed by atoms with Crippen molar-refractivity contribution in [2.45, 2.75) is 37.7 Å². The van der Waals surface area contributed by atoms with Gasteiger partial charge in [0.05, 0.1) is 11.6 Å². The van der Waals surface area contributed by atoms with Crippen LogP contribution in [0, 0.1) is 5.92 Å². The Morgan fingerprint density at radius 3 is 2.43 bits per heavy atom. The standard InChI is InChI=1S/C14H19Cl2NO3S/c1-2-10-3-5-17(6-4-10)21(19,20)13-8-12(15)7-11(9-18)14(13)16/h7-8,10,18H,2-6,9H2,1H3. The Morgan fingerprint density at radius 2 is 1.90 bits per heavy atom. The van der Waals surface area contributed by atoms with Gasteiger partial charge in [-0.05, 0) is 36.5 Å². The van der Waals surface area contributed by atoms with Gasteiger partial charge in [0.2, 0.25) is 10.0 Å². The first-order chi connectivity index (χ1) is 9.90. The van der Waals surface area contributed by atoms with Crippen molar-refractivity contribution in [2.75, 3.05) is 13.1 Å². The summed E-state index contributed by atoms with van der Waals surface area (Å²) in [5.74, 6) is 0.583. The predicted molar refractivity (Wildman–Crippen MR) is 84.2 cm³/mol. The van der Waals surface area contributed by atoms with Gasteiger partial charge in [-0.15, -0.1) is 0 Å². The van der Waals surface area contributed by atoms with E-state index >= 15 is 0 Å². The molecule has 1 aromatic rings. The van der Waals surface area contributed by atoms with Crippen LogP contribution in [0.1, 0.15) is 31.7 Å². The van der Waals surface area contributed by atoms with Crippen molar-refractivity contribution in [3.63, 3.8) is 0 Å². The van der Waals surface area contributed by atoms with Gasteiger partial charge in [0.1, 0.15) is 4.90 Å². The van der Waals surface area contributed by atoms with Crippen molar-refractivity contribution >= 4 is 33.2 Å². The zero-order valence-corrected chi connectivity index (χ0v) is 14.2. The highest BCUT2D eigenvalue weighted by Gasteiger charge is 2.31. The molecule has 0 aromatic heterocycles. The molecule has 0 atom stereocenters. The molecule has 1 aliphatic heterocycles. The van der Waals surface area contributed by atoms with E-state index in [-0.39, 0.29) is 21.5 Å². The Bertz CT molecular complexity index is 611. The van der Waals surface area contributed by atoms with Gasteiger partial charge in [-0.25, -0.2) is 8.42 Å². The highest BCUT2D eigenvalue weighted by atomic mass is 35.5. The van der Waals surface area contributed by atoms with E-state index in [1.54, 1.807) is 0 Å². The van der Waals surface area contributed by atoms with Gasteiger partial charge in [0.15, 0.2) is 0 Å². The molecule has 0 amide bonds. The van der Waals surface area contributed by atoms with E-state index in [0.29, 0.717) is 24.6 Å². The maximum absolute atomic E-state index is 12.7. The Labute approximate surface area is 135 Å². The molecule has 1 aliphatic rings. The fraction of sp³-hybridized carbons (Fsp3) is 0.571. The van der Waals surface area contributed by atoms with E-state index < -0.39 is 10.0 Å². The zero-order valence-electron chi connectivity index (χ0n) is 11.8. The summed E-state index contributed by atoms with van der Waals surface area (Å²) in [5, 5.41) is 9.57. The molecule has 0 unspecified atom stereocenters. The molecule has 0 aliphatic carbocycles. The third-order valence-corrected chi connectivity index (χ3v) is 6.72. The van der Waals surface area contributed by atoms with E-state index in [1.165, 1.54) is 16.4 Å². The van der Waals surface area contributed by atoms with Crippen LogP contribution in [0.3, 0.4) is 0 Å². The van der Waals surface area contributed by atoms with Crippen LogP contribution >= 0.6 is 23.2 Å². The van der Waals surface area contributed by atoms with Crippen molar-refractivity contribution < 1.29 is 13.5 Å². The van der Waals surface area contributed by atoms with Crippen molar-refractivity contribution in [1.82, 2.24) is 4.31 Å². The molecule has 0 saturated carbocycles. The predicted octanol–water partition coefficient (Wildman–Crippen LogP) is 3.30. The summed E-state index contributed by atoms with van der Waals surface area (Å²) in [4.78, 5) is -0.0179. The number of aliphatic hydroxyl groups excluding tert-OH is 1. The van der Waals surface area contributed by atoms with Gasteiger partial charge in [-0.3, -0.25) is 0 Å². The topological polar surface area (TPSA) is 57.6 Å². The average Bonchev–Trinajstić information content (AvgIpc) is 2.49. The Hall–Kier alpha value is -0.330. The Morgan fingerprint density at radius 1 is 1.29 bits per heavy atom. The second-order valence-electron chi connectivity index (χ2n) is 5.29. The number of sulfonamides is 1. The third kappa shape index (κ3) is 3.54. The summed E-state index contributed by atoms with van der Waals surface area (Å²) in [6.07, 6.45) is 2.79. The minimum absolute atomic E-state index is 0.0179. The smallest absolute Gasteiger partial charge is 0.244 e. The first-order valence-corrected chi connectivity index (χ1v) is 9.18. The van der Waals surface area contributed by atoms with E-state index in [1.807, 2.05) is 0 Å². The summed E-state index contributed by atoms with van der Waals surface area (Å²) in [5.41, 5.74) is 0.325. The van der Waals surface area contributed by atoms with Gasteiger partial charge >= 0.3 is 0 Å². The molecule has 0 radical (unpaired) electrons. The van der Waals surface area contributed by atoms with Gasteiger partial charge < -0.3 is 5.11 Å². The van der Waals surface area contributed by atoms with Crippen molar-refractivity contribution in [1.29, 1.82) is 0 Å². The van der Waals surface area contributed by atoms with E-state index in [2.05, 4.69) is 6.92 Å². The molecule has 0 spiro atoms. The van der Waals surface area contributed by atoms with Crippen LogP contribution < -0.4 is 0 Å². The lowest BCUT2D eigenvalue weighted by Crippen LogP contribution is -2.38. The maximum Gasteiger partial charge on any atom is 0.244 e. The van der Waals surface area contributed by atoms with Crippen molar-refractivity contribution in [3.8, 4) is 0 Å². The summed E-state index contributed by atoms with van der Waals surface area (Å²) in [7, 11) is -3.67. The number of hydrogen-bond donors (Lipinski definition) is 1. The fourth-order valence-corrected chi connectivity index (χ4v) is 4.99. The molecular weight excluding hydrogens is 333 g/mol. The summed E-state index contributed by atoms with van der Waals surface area (Å²) in [6, 6.07) is 2.83. The number of hydrogen-bond acceptors (Lipinski definition) is 3. The number of aliphatic hydroxyl groups is 1. The van der Waals surface area contributed by atoms with Gasteiger partial charge in [0.25, 0.3) is 0 Å². The summed E-state index contributed by atoms with van der Waals surface area (Å²) >= 11 is 12.1. The van der Waals surface area contributed by atoms with Crippen LogP contribution in [-0.4, -0.2) is 30.9 Å². The van der Waals surface area contributed by atoms with Crippen LogP contribution in [0.25, 0.3) is 0 Å². The first kappa shape index (κ1) is 17.0. The lowest BCUT2D eigenvalue weighted by Gasteiger charge is -2.31. The number of nitrogens with zero attached hydrogens (tertiary/aromatic N) is 1. The Kier molecular flexibility index (Phi) is 5.54. The number of benzene rings is 1. The monoisotopic (exact) mass is 351 g/mol. The molecule has 21 heavy (non-hydrogen) atoms. The van der Waals surface area contributed by atoms with Crippen LogP contribution in [0.5, 0.6) is 0 Å². The minimum atomic E-state index is -3.67. The molecule has 1 saturated heterocycles. The highest BCUT2D eigenvalue weighted by Crippen LogP contribution is 2.33. The first-order valence-electron chi connectivity index (χ1n) is 6.99. The lowest BCUT2D eigenvalue weighted by atomic mass is 9.96. The zero-order chi connectivity index (χ0) is 15.6. The van der Waals surface area contributed by atoms with Crippen LogP contribution in [0.15, 0.2) is 17.0 Å². The fourth-order valence-electron chi connectivity index (χ4n) is 2.62. The van der Waals surface area contributed by atoms with Gasteiger partial charge in [0, 0.05) is 18.1 Å². The highest BCUT2D eigenvalue weighted by molar-refractivity contribution is 7.89.